The van der Waals surface area contributed by atoms with E-state index in [4.69, 9.17) is 0 Å². The highest BCUT2D eigenvalue weighted by molar-refractivity contribution is 5.74. The molecule has 0 amide bonds. The monoisotopic (exact) mass is 228 g/mol. The molecule has 1 heterocycles. The molecule has 0 aliphatic carbocycles. The van der Waals surface area contributed by atoms with Crippen molar-refractivity contribution in [3.05, 3.63) is 12.0 Å². The summed E-state index contributed by atoms with van der Waals surface area (Å²) in [6.07, 6.45) is 1.02. The Labute approximate surface area is 92.2 Å². The molecule has 0 bridgehead atoms. The van der Waals surface area contributed by atoms with Crippen LogP contribution in [0, 0.1) is 5.82 Å². The fourth-order valence-corrected chi connectivity index (χ4v) is 0.979. The van der Waals surface area contributed by atoms with E-state index in [0.717, 1.165) is 6.20 Å². The van der Waals surface area contributed by atoms with Crippen molar-refractivity contribution in [2.45, 2.75) is 6.92 Å². The van der Waals surface area contributed by atoms with Crippen LogP contribution < -0.4 is 10.6 Å². The van der Waals surface area contributed by atoms with E-state index < -0.39 is 11.8 Å². The van der Waals surface area contributed by atoms with Crippen molar-refractivity contribution >= 4 is 17.7 Å². The predicted octanol–water partition coefficient (Wildman–Crippen LogP) is 0.632. The summed E-state index contributed by atoms with van der Waals surface area (Å²) in [7, 11) is 1.61. The maximum atomic E-state index is 13.2. The van der Waals surface area contributed by atoms with Crippen LogP contribution >= 0.6 is 0 Å². The Morgan fingerprint density at radius 3 is 3.00 bits per heavy atom. The Hall–Kier alpha value is -1.92. The number of aromatic nitrogens is 2. The van der Waals surface area contributed by atoms with Crippen molar-refractivity contribution in [2.75, 3.05) is 30.8 Å². The molecule has 1 aromatic heterocycles. The molecule has 88 valence electrons. The number of carbonyl (C=O) groups is 1. The molecule has 0 saturated carbocycles. The second-order valence-electron chi connectivity index (χ2n) is 2.80. The summed E-state index contributed by atoms with van der Waals surface area (Å²) in [6, 6.07) is 0. The van der Waals surface area contributed by atoms with Crippen molar-refractivity contribution in [1.29, 1.82) is 0 Å². The molecule has 2 N–H and O–H groups in total. The van der Waals surface area contributed by atoms with E-state index in [2.05, 4.69) is 25.3 Å². The second kappa shape index (κ2) is 5.84. The van der Waals surface area contributed by atoms with Gasteiger partial charge in [0.2, 0.25) is 5.95 Å². The number of halogens is 1. The standard InChI is InChI=1S/C9H13FN4O2/c1-3-16-7(15)5-12-8-6(10)4-13-9(11-2)14-8/h4H,3,5H2,1-2H3,(H2,11,12,13,14). The maximum absolute atomic E-state index is 13.2. The van der Waals surface area contributed by atoms with Crippen LogP contribution in [0.1, 0.15) is 6.92 Å². The van der Waals surface area contributed by atoms with Gasteiger partial charge in [0, 0.05) is 7.05 Å². The van der Waals surface area contributed by atoms with Gasteiger partial charge in [-0.25, -0.2) is 9.37 Å². The molecule has 0 spiro atoms. The fourth-order valence-electron chi connectivity index (χ4n) is 0.979. The van der Waals surface area contributed by atoms with Gasteiger partial charge >= 0.3 is 5.97 Å². The van der Waals surface area contributed by atoms with Crippen LogP contribution in [0.2, 0.25) is 0 Å². The first-order valence-electron chi connectivity index (χ1n) is 4.77. The first kappa shape index (κ1) is 12.2. The number of anilines is 2. The molecule has 0 aliphatic rings. The van der Waals surface area contributed by atoms with Gasteiger partial charge in [-0.1, -0.05) is 0 Å². The minimum Gasteiger partial charge on any atom is -0.465 e. The van der Waals surface area contributed by atoms with Crippen LogP contribution in [0.3, 0.4) is 0 Å². The third kappa shape index (κ3) is 3.34. The number of hydrogen-bond acceptors (Lipinski definition) is 6. The van der Waals surface area contributed by atoms with Gasteiger partial charge < -0.3 is 15.4 Å². The highest BCUT2D eigenvalue weighted by Crippen LogP contribution is 2.10. The molecule has 0 aromatic carbocycles. The Bertz CT molecular complexity index is 373. The average Bonchev–Trinajstić information content (AvgIpc) is 2.28. The first-order chi connectivity index (χ1) is 7.67. The molecule has 1 rings (SSSR count). The number of nitrogens with zero attached hydrogens (tertiary/aromatic N) is 2. The van der Waals surface area contributed by atoms with Gasteiger partial charge in [-0.15, -0.1) is 0 Å². The van der Waals surface area contributed by atoms with Crippen LogP contribution in [0.25, 0.3) is 0 Å². The Morgan fingerprint density at radius 2 is 2.38 bits per heavy atom. The summed E-state index contributed by atoms with van der Waals surface area (Å²) in [5.41, 5.74) is 0. The van der Waals surface area contributed by atoms with Crippen LogP contribution in [0.15, 0.2) is 6.20 Å². The highest BCUT2D eigenvalue weighted by Gasteiger charge is 2.08. The number of hydrogen-bond donors (Lipinski definition) is 2. The minimum absolute atomic E-state index is 0.0348. The Morgan fingerprint density at radius 1 is 1.62 bits per heavy atom. The van der Waals surface area contributed by atoms with E-state index in [1.54, 1.807) is 14.0 Å². The molecule has 0 aliphatic heterocycles. The summed E-state index contributed by atoms with van der Waals surface area (Å²) in [5.74, 6) is -0.852. The van der Waals surface area contributed by atoms with Crippen molar-refractivity contribution in [1.82, 2.24) is 9.97 Å². The first-order valence-corrected chi connectivity index (χ1v) is 4.77. The number of rotatable bonds is 5. The lowest BCUT2D eigenvalue weighted by molar-refractivity contribution is -0.140. The SMILES string of the molecule is CCOC(=O)CNc1nc(NC)ncc1F. The third-order valence-corrected chi connectivity index (χ3v) is 1.67. The summed E-state index contributed by atoms with van der Waals surface area (Å²) in [5, 5.41) is 5.19. The smallest absolute Gasteiger partial charge is 0.325 e. The lowest BCUT2D eigenvalue weighted by atomic mass is 10.5. The van der Waals surface area contributed by atoms with Gasteiger partial charge in [0.1, 0.15) is 6.54 Å². The van der Waals surface area contributed by atoms with E-state index in [0.29, 0.717) is 0 Å². The number of carbonyl (C=O) groups excluding carboxylic acids is 1. The van der Waals surface area contributed by atoms with Gasteiger partial charge in [-0.05, 0) is 6.92 Å². The molecule has 0 fully saturated rings. The quantitative estimate of drug-likeness (QED) is 0.720. The van der Waals surface area contributed by atoms with E-state index in [9.17, 15) is 9.18 Å². The van der Waals surface area contributed by atoms with Gasteiger partial charge in [-0.2, -0.15) is 4.98 Å². The van der Waals surface area contributed by atoms with Gasteiger partial charge in [0.15, 0.2) is 11.6 Å². The summed E-state index contributed by atoms with van der Waals surface area (Å²) >= 11 is 0. The number of esters is 1. The van der Waals surface area contributed by atoms with Crippen molar-refractivity contribution < 1.29 is 13.9 Å². The molecular weight excluding hydrogens is 215 g/mol. The normalized spacial score (nSPS) is 9.69. The molecule has 6 nitrogen and oxygen atoms in total. The molecule has 16 heavy (non-hydrogen) atoms. The second-order valence-corrected chi connectivity index (χ2v) is 2.80. The molecule has 0 saturated heterocycles. The summed E-state index contributed by atoms with van der Waals surface area (Å²) in [6.45, 7) is 1.85. The predicted molar refractivity (Wildman–Crippen MR) is 56.7 cm³/mol. The highest BCUT2D eigenvalue weighted by atomic mass is 19.1. The van der Waals surface area contributed by atoms with Crippen LogP contribution in [0.4, 0.5) is 16.2 Å². The van der Waals surface area contributed by atoms with Crippen molar-refractivity contribution in [2.24, 2.45) is 0 Å². The lowest BCUT2D eigenvalue weighted by Gasteiger charge is -2.07. The molecule has 1 aromatic rings. The molecule has 0 atom stereocenters. The zero-order chi connectivity index (χ0) is 12.0. The molecule has 0 radical (unpaired) electrons. The maximum Gasteiger partial charge on any atom is 0.325 e. The fraction of sp³-hybridized carbons (Fsp3) is 0.444. The summed E-state index contributed by atoms with van der Waals surface area (Å²) in [4.78, 5) is 18.5. The topological polar surface area (TPSA) is 76.1 Å². The average molecular weight is 228 g/mol. The van der Waals surface area contributed by atoms with Gasteiger partial charge in [-0.3, -0.25) is 4.79 Å². The summed E-state index contributed by atoms with van der Waals surface area (Å²) < 4.78 is 17.9. The number of ether oxygens (including phenoxy) is 1. The van der Waals surface area contributed by atoms with Crippen LogP contribution in [-0.2, 0) is 9.53 Å². The van der Waals surface area contributed by atoms with E-state index >= 15 is 0 Å². The van der Waals surface area contributed by atoms with E-state index in [1.165, 1.54) is 0 Å². The molecule has 0 unspecified atom stereocenters. The van der Waals surface area contributed by atoms with Crippen LogP contribution in [0.5, 0.6) is 0 Å². The lowest BCUT2D eigenvalue weighted by Crippen LogP contribution is -2.18. The van der Waals surface area contributed by atoms with E-state index in [1.807, 2.05) is 0 Å². The Kier molecular flexibility index (Phi) is 4.43. The Balaban J connectivity index is 2.62. The van der Waals surface area contributed by atoms with Crippen LogP contribution in [-0.4, -0.2) is 36.1 Å². The van der Waals surface area contributed by atoms with Gasteiger partial charge in [0.25, 0.3) is 0 Å². The number of nitrogens with one attached hydrogen (secondary N) is 2. The zero-order valence-electron chi connectivity index (χ0n) is 9.08. The zero-order valence-corrected chi connectivity index (χ0v) is 9.08. The largest absolute Gasteiger partial charge is 0.465 e. The third-order valence-electron chi connectivity index (χ3n) is 1.67. The van der Waals surface area contributed by atoms with E-state index in [-0.39, 0.29) is 24.9 Å². The minimum atomic E-state index is -0.622. The molecule has 7 heteroatoms. The van der Waals surface area contributed by atoms with Crippen molar-refractivity contribution in [3.8, 4) is 0 Å². The van der Waals surface area contributed by atoms with Gasteiger partial charge in [0.05, 0.1) is 12.8 Å². The molecular formula is C9H13FN4O2. The van der Waals surface area contributed by atoms with Crippen molar-refractivity contribution in [3.63, 3.8) is 0 Å².